The third-order valence-electron chi connectivity index (χ3n) is 2.34. The van der Waals surface area contributed by atoms with Crippen LogP contribution in [0.25, 0.3) is 0 Å². The van der Waals surface area contributed by atoms with Gasteiger partial charge in [-0.05, 0) is 32.0 Å². The number of rotatable bonds is 5. The molecule has 0 saturated carbocycles. The van der Waals surface area contributed by atoms with Crippen LogP contribution < -0.4 is 5.32 Å². The normalized spacial score (nSPS) is 9.79. The van der Waals surface area contributed by atoms with Crippen LogP contribution in [0.15, 0.2) is 18.2 Å². The molecule has 0 spiro atoms. The van der Waals surface area contributed by atoms with Gasteiger partial charge < -0.3 is 15.2 Å². The minimum Gasteiger partial charge on any atom is -0.478 e. The molecule has 102 valence electrons. The van der Waals surface area contributed by atoms with Gasteiger partial charge in [-0.1, -0.05) is 0 Å². The van der Waals surface area contributed by atoms with Gasteiger partial charge in [0.05, 0.1) is 17.7 Å². The molecule has 0 radical (unpaired) electrons. The molecule has 19 heavy (non-hydrogen) atoms. The Morgan fingerprint density at radius 2 is 1.89 bits per heavy atom. The third kappa shape index (κ3) is 3.54. The predicted molar refractivity (Wildman–Crippen MR) is 67.4 cm³/mol. The van der Waals surface area contributed by atoms with Crippen molar-refractivity contribution in [3.8, 4) is 0 Å². The van der Waals surface area contributed by atoms with Crippen LogP contribution in [0.3, 0.4) is 0 Å². The highest BCUT2D eigenvalue weighted by molar-refractivity contribution is 6.05. The van der Waals surface area contributed by atoms with E-state index in [9.17, 15) is 14.4 Å². The molecule has 0 fully saturated rings. The standard InChI is InChI=1S/C13H15NO5/c1-3-14-11(15)8-5-6-9(12(16)17)10(7-8)13(18)19-4-2/h5-7H,3-4H2,1-2H3,(H,14,15)(H,16,17). The number of carbonyl (C=O) groups excluding carboxylic acids is 2. The van der Waals surface area contributed by atoms with Crippen LogP contribution in [0, 0.1) is 0 Å². The van der Waals surface area contributed by atoms with Gasteiger partial charge in [-0.2, -0.15) is 0 Å². The number of ether oxygens (including phenoxy) is 1. The largest absolute Gasteiger partial charge is 0.478 e. The summed E-state index contributed by atoms with van der Waals surface area (Å²) in [6, 6.07) is 3.81. The first-order valence-corrected chi connectivity index (χ1v) is 5.83. The van der Waals surface area contributed by atoms with E-state index in [1.54, 1.807) is 13.8 Å². The van der Waals surface area contributed by atoms with Crippen molar-refractivity contribution in [2.24, 2.45) is 0 Å². The van der Waals surface area contributed by atoms with Crippen LogP contribution in [0.1, 0.15) is 44.9 Å². The Kier molecular flexibility index (Phi) is 5.05. The van der Waals surface area contributed by atoms with E-state index in [1.807, 2.05) is 0 Å². The van der Waals surface area contributed by atoms with Gasteiger partial charge in [0.2, 0.25) is 0 Å². The molecule has 0 aromatic heterocycles. The number of aromatic carboxylic acids is 1. The zero-order chi connectivity index (χ0) is 14.4. The molecule has 6 heteroatoms. The summed E-state index contributed by atoms with van der Waals surface area (Å²) in [4.78, 5) is 34.4. The maximum Gasteiger partial charge on any atom is 0.339 e. The van der Waals surface area contributed by atoms with Crippen molar-refractivity contribution in [3.63, 3.8) is 0 Å². The number of carbonyl (C=O) groups is 3. The van der Waals surface area contributed by atoms with E-state index in [4.69, 9.17) is 9.84 Å². The summed E-state index contributed by atoms with van der Waals surface area (Å²) in [5, 5.41) is 11.6. The van der Waals surface area contributed by atoms with E-state index in [2.05, 4.69) is 5.32 Å². The van der Waals surface area contributed by atoms with Crippen molar-refractivity contribution < 1.29 is 24.2 Å². The summed E-state index contributed by atoms with van der Waals surface area (Å²) in [5.74, 6) is -2.37. The lowest BCUT2D eigenvalue weighted by molar-refractivity contribution is 0.0514. The van der Waals surface area contributed by atoms with Crippen LogP contribution in [0.2, 0.25) is 0 Å². The van der Waals surface area contributed by atoms with Gasteiger partial charge in [-0.3, -0.25) is 4.79 Å². The molecule has 0 aliphatic heterocycles. The summed E-state index contributed by atoms with van der Waals surface area (Å²) >= 11 is 0. The number of hydrogen-bond donors (Lipinski definition) is 2. The molecule has 0 unspecified atom stereocenters. The van der Waals surface area contributed by atoms with Crippen molar-refractivity contribution in [1.82, 2.24) is 5.32 Å². The second kappa shape index (κ2) is 6.53. The van der Waals surface area contributed by atoms with Crippen LogP contribution >= 0.6 is 0 Å². The maximum atomic E-state index is 11.7. The highest BCUT2D eigenvalue weighted by Gasteiger charge is 2.19. The lowest BCUT2D eigenvalue weighted by Crippen LogP contribution is -2.23. The molecule has 1 aromatic carbocycles. The molecular weight excluding hydrogens is 250 g/mol. The van der Waals surface area contributed by atoms with Gasteiger partial charge in [0.25, 0.3) is 5.91 Å². The number of carboxylic acid groups (broad SMARTS) is 1. The summed E-state index contributed by atoms with van der Waals surface area (Å²) in [5.41, 5.74) is -0.0977. The number of benzene rings is 1. The lowest BCUT2D eigenvalue weighted by atomic mass is 10.0. The zero-order valence-electron chi connectivity index (χ0n) is 10.7. The topological polar surface area (TPSA) is 92.7 Å². The van der Waals surface area contributed by atoms with Gasteiger partial charge in [-0.25, -0.2) is 9.59 Å². The highest BCUT2D eigenvalue weighted by Crippen LogP contribution is 2.14. The van der Waals surface area contributed by atoms with Gasteiger partial charge in [-0.15, -0.1) is 0 Å². The van der Waals surface area contributed by atoms with Crippen LogP contribution in [-0.4, -0.2) is 36.1 Å². The highest BCUT2D eigenvalue weighted by atomic mass is 16.5. The first kappa shape index (κ1) is 14.7. The van der Waals surface area contributed by atoms with E-state index in [0.717, 1.165) is 0 Å². The van der Waals surface area contributed by atoms with Gasteiger partial charge in [0.1, 0.15) is 0 Å². The van der Waals surface area contributed by atoms with E-state index in [1.165, 1.54) is 18.2 Å². The molecule has 1 rings (SSSR count). The number of carboxylic acids is 1. The minimum atomic E-state index is -1.24. The van der Waals surface area contributed by atoms with E-state index in [-0.39, 0.29) is 29.2 Å². The first-order chi connectivity index (χ1) is 9.01. The third-order valence-corrected chi connectivity index (χ3v) is 2.34. The fraction of sp³-hybridized carbons (Fsp3) is 0.308. The Morgan fingerprint density at radius 3 is 2.42 bits per heavy atom. The average Bonchev–Trinajstić information content (AvgIpc) is 2.38. The number of nitrogens with one attached hydrogen (secondary N) is 1. The first-order valence-electron chi connectivity index (χ1n) is 5.83. The van der Waals surface area contributed by atoms with Gasteiger partial charge in [0, 0.05) is 12.1 Å². The SMILES string of the molecule is CCNC(=O)c1ccc(C(=O)O)c(C(=O)OCC)c1. The van der Waals surface area contributed by atoms with Crippen LogP contribution in [0.4, 0.5) is 0 Å². The second-order valence-electron chi connectivity index (χ2n) is 3.65. The van der Waals surface area contributed by atoms with Crippen molar-refractivity contribution in [1.29, 1.82) is 0 Å². The van der Waals surface area contributed by atoms with E-state index in [0.29, 0.717) is 6.54 Å². The second-order valence-corrected chi connectivity index (χ2v) is 3.65. The molecule has 6 nitrogen and oxygen atoms in total. The maximum absolute atomic E-state index is 11.7. The molecule has 1 aromatic rings. The van der Waals surface area contributed by atoms with Gasteiger partial charge in [0.15, 0.2) is 0 Å². The number of hydrogen-bond acceptors (Lipinski definition) is 4. The lowest BCUT2D eigenvalue weighted by Gasteiger charge is -2.08. The number of esters is 1. The summed E-state index contributed by atoms with van der Waals surface area (Å²) < 4.78 is 4.78. The monoisotopic (exact) mass is 265 g/mol. The smallest absolute Gasteiger partial charge is 0.339 e. The molecule has 0 aliphatic carbocycles. The number of amides is 1. The molecule has 0 aliphatic rings. The van der Waals surface area contributed by atoms with Crippen LogP contribution in [-0.2, 0) is 4.74 Å². The molecule has 0 atom stereocenters. The quantitative estimate of drug-likeness (QED) is 0.783. The fourth-order valence-corrected chi connectivity index (χ4v) is 1.51. The molecule has 0 bridgehead atoms. The molecule has 1 amide bonds. The summed E-state index contributed by atoms with van der Waals surface area (Å²) in [6.45, 7) is 3.94. The van der Waals surface area contributed by atoms with Crippen molar-refractivity contribution in [2.45, 2.75) is 13.8 Å². The van der Waals surface area contributed by atoms with Crippen molar-refractivity contribution in [2.75, 3.05) is 13.2 Å². The summed E-state index contributed by atoms with van der Waals surface area (Å²) in [6.07, 6.45) is 0. The molecule has 2 N–H and O–H groups in total. The molecular formula is C13H15NO5. The Balaban J connectivity index is 3.22. The van der Waals surface area contributed by atoms with E-state index >= 15 is 0 Å². The van der Waals surface area contributed by atoms with Crippen molar-refractivity contribution >= 4 is 17.8 Å². The Labute approximate surface area is 110 Å². The Morgan fingerprint density at radius 1 is 1.21 bits per heavy atom. The Bertz CT molecular complexity index is 510. The van der Waals surface area contributed by atoms with Crippen LogP contribution in [0.5, 0.6) is 0 Å². The average molecular weight is 265 g/mol. The minimum absolute atomic E-state index is 0.127. The van der Waals surface area contributed by atoms with Gasteiger partial charge >= 0.3 is 11.9 Å². The fourth-order valence-electron chi connectivity index (χ4n) is 1.51. The summed E-state index contributed by atoms with van der Waals surface area (Å²) in [7, 11) is 0. The predicted octanol–water partition coefficient (Wildman–Crippen LogP) is 1.31. The van der Waals surface area contributed by atoms with Crippen molar-refractivity contribution in [3.05, 3.63) is 34.9 Å². The molecule has 0 saturated heterocycles. The van der Waals surface area contributed by atoms with E-state index < -0.39 is 11.9 Å². The molecule has 0 heterocycles. The zero-order valence-corrected chi connectivity index (χ0v) is 10.7. The Hall–Kier alpha value is -2.37.